The molecule has 20 rings (SSSR count). The summed E-state index contributed by atoms with van der Waals surface area (Å²) in [5, 5.41) is 0. The number of rotatable bonds is 11. The summed E-state index contributed by atoms with van der Waals surface area (Å²) >= 11 is 0. The molecule has 0 N–H and O–H groups in total. The van der Waals surface area contributed by atoms with Crippen molar-refractivity contribution < 1.29 is 0 Å². The van der Waals surface area contributed by atoms with Crippen molar-refractivity contribution in [3.05, 3.63) is 478 Å². The second-order valence-electron chi connectivity index (χ2n) is 28.9. The third-order valence-corrected chi connectivity index (χ3v) is 23.5. The Morgan fingerprint density at radius 1 is 0.173 bits per heavy atom. The molecule has 0 fully saturated rings. The summed E-state index contributed by atoms with van der Waals surface area (Å²) in [6.45, 7) is 4.89. The molecule has 2 spiro atoms. The number of nitrogens with zero attached hydrogens (tertiary/aromatic N) is 2. The lowest BCUT2D eigenvalue weighted by molar-refractivity contribution is 0.563. The van der Waals surface area contributed by atoms with Gasteiger partial charge in [-0.05, 0) is 218 Å². The Balaban J connectivity index is 0.810. The zero-order valence-corrected chi connectivity index (χ0v) is 58.0. The van der Waals surface area contributed by atoms with Crippen molar-refractivity contribution in [2.24, 2.45) is 0 Å². The van der Waals surface area contributed by atoms with Gasteiger partial charge in [-0.3, -0.25) is 0 Å². The molecule has 0 saturated carbocycles. The van der Waals surface area contributed by atoms with Crippen molar-refractivity contribution in [2.75, 3.05) is 9.80 Å². The van der Waals surface area contributed by atoms with Crippen LogP contribution in [0.5, 0.6) is 0 Å². The summed E-state index contributed by atoms with van der Waals surface area (Å²) in [4.78, 5) is 4.69. The summed E-state index contributed by atoms with van der Waals surface area (Å²) in [7, 11) is 0. The molecule has 0 saturated heterocycles. The molecule has 0 aliphatic heterocycles. The third-order valence-electron chi connectivity index (χ3n) is 23.5. The van der Waals surface area contributed by atoms with E-state index in [1.54, 1.807) is 0 Å². The van der Waals surface area contributed by atoms with Crippen LogP contribution in [-0.4, -0.2) is 0 Å². The van der Waals surface area contributed by atoms with E-state index in [1.165, 1.54) is 134 Å². The normalized spacial score (nSPS) is 16.2. The highest BCUT2D eigenvalue weighted by atomic mass is 15.1. The van der Waals surface area contributed by atoms with Crippen molar-refractivity contribution in [1.29, 1.82) is 0 Å². The molecule has 2 atom stereocenters. The van der Waals surface area contributed by atoms with Gasteiger partial charge in [-0.15, -0.1) is 0 Å². The van der Waals surface area contributed by atoms with Crippen LogP contribution in [-0.2, 0) is 21.7 Å². The van der Waals surface area contributed by atoms with Crippen LogP contribution < -0.4 is 9.80 Å². The summed E-state index contributed by atoms with van der Waals surface area (Å²) in [5.74, 6) is 0. The molecular formula is C102H72N2. The van der Waals surface area contributed by atoms with Crippen molar-refractivity contribution in [3.8, 4) is 55.6 Å². The SMILES string of the molecule is CC1(C)c2ccccc2[C@]2(c3ccccc3-c3c(-c4ccc(N(c5ccccc5)c5ccccc5)cc4)cccc32)c2cc(-c3ccc4c(c3)C3(c5ccccc5-c5c(-c6ccc(N(c7ccccc7)c7ccccc7)cc6)cccc53)c3ccccc3C4(c3ccccc3)c3ccccc3)ccc21. The first-order valence-corrected chi connectivity index (χ1v) is 36.5. The fourth-order valence-corrected chi connectivity index (χ4v) is 19.3. The van der Waals surface area contributed by atoms with Gasteiger partial charge in [0.25, 0.3) is 0 Å². The van der Waals surface area contributed by atoms with Crippen LogP contribution in [0.1, 0.15) is 91.7 Å². The van der Waals surface area contributed by atoms with Crippen LogP contribution in [0.15, 0.2) is 400 Å². The topological polar surface area (TPSA) is 6.48 Å². The van der Waals surface area contributed by atoms with E-state index in [4.69, 9.17) is 0 Å². The van der Waals surface area contributed by atoms with Gasteiger partial charge in [-0.25, -0.2) is 0 Å². The van der Waals surface area contributed by atoms with E-state index in [1.807, 2.05) is 0 Å². The van der Waals surface area contributed by atoms with Crippen LogP contribution in [0.3, 0.4) is 0 Å². The maximum atomic E-state index is 2.63. The molecule has 4 aliphatic rings. The first kappa shape index (κ1) is 61.0. The van der Waals surface area contributed by atoms with E-state index in [2.05, 4.69) is 424 Å². The molecule has 2 heteroatoms. The molecule has 0 bridgehead atoms. The number of hydrogen-bond acceptors (Lipinski definition) is 2. The Morgan fingerprint density at radius 3 is 0.837 bits per heavy atom. The minimum atomic E-state index is -0.760. The van der Waals surface area contributed by atoms with Gasteiger partial charge in [0.05, 0.1) is 16.2 Å². The smallest absolute Gasteiger partial charge is 0.0720 e. The van der Waals surface area contributed by atoms with Crippen LogP contribution in [0.25, 0.3) is 55.6 Å². The molecule has 16 aromatic carbocycles. The van der Waals surface area contributed by atoms with Crippen molar-refractivity contribution in [3.63, 3.8) is 0 Å². The van der Waals surface area contributed by atoms with Gasteiger partial charge in [-0.2, -0.15) is 0 Å². The van der Waals surface area contributed by atoms with Gasteiger partial charge in [0.2, 0.25) is 0 Å². The monoisotopic (exact) mass is 1320 g/mol. The summed E-state index contributed by atoms with van der Waals surface area (Å²) in [6.07, 6.45) is 0. The van der Waals surface area contributed by atoms with E-state index in [0.717, 1.165) is 34.1 Å². The summed E-state index contributed by atoms with van der Waals surface area (Å²) in [6, 6.07) is 151. The van der Waals surface area contributed by atoms with Gasteiger partial charge in [0, 0.05) is 39.5 Å². The fraction of sp³-hybridized carbons (Fsp3) is 0.0588. The summed E-state index contributed by atoms with van der Waals surface area (Å²) in [5.41, 5.74) is 34.5. The van der Waals surface area contributed by atoms with Crippen LogP contribution in [0, 0.1) is 0 Å². The standard InChI is InChI=1S/C102H72N2/c1-99(2)87-49-25-26-50-89(87)101(85-47-23-21-43-83(85)97-81(45-29-53-93(97)101)69-55-61-79(62-56-69)103(75-35-13-5-14-36-75)76-37-15-6-16-38-76)95-67-71(59-65-88(95)99)72-60-66-92-96(68-72)102(91-52-28-27-51-90(91)100(92,73-31-9-3-10-32-73)74-33-11-4-12-34-74)86-48-24-22-44-84(86)98-82(46-30-54-94(98)102)70-57-63-80(64-58-70)104(77-39-17-7-18-40-77)78-41-19-8-20-42-78/h3-68H,1-2H3/t101-,102?/m0/s1. The lowest BCUT2D eigenvalue weighted by Crippen LogP contribution is -2.44. The first-order chi connectivity index (χ1) is 51.4. The average molecular weight is 1330 g/mol. The lowest BCUT2D eigenvalue weighted by Gasteiger charge is -2.50. The number of para-hydroxylation sites is 4. The number of anilines is 6. The molecule has 0 amide bonds. The number of hydrogen-bond donors (Lipinski definition) is 0. The Hall–Kier alpha value is -12.9. The van der Waals surface area contributed by atoms with Gasteiger partial charge in [-0.1, -0.05) is 329 Å². The predicted octanol–water partition coefficient (Wildman–Crippen LogP) is 25.7. The van der Waals surface area contributed by atoms with Crippen molar-refractivity contribution in [2.45, 2.75) is 35.5 Å². The molecular weight excluding hydrogens is 1250 g/mol. The number of benzene rings is 16. The van der Waals surface area contributed by atoms with Gasteiger partial charge < -0.3 is 9.80 Å². The van der Waals surface area contributed by atoms with E-state index < -0.39 is 16.2 Å². The van der Waals surface area contributed by atoms with Crippen LogP contribution >= 0.6 is 0 Å². The lowest BCUT2D eigenvalue weighted by atomic mass is 9.51. The van der Waals surface area contributed by atoms with Crippen LogP contribution in [0.4, 0.5) is 34.1 Å². The number of fused-ring (bicyclic) bond motifs is 18. The molecule has 0 radical (unpaired) electrons. The molecule has 0 aromatic heterocycles. The van der Waals surface area contributed by atoms with E-state index >= 15 is 0 Å². The van der Waals surface area contributed by atoms with Crippen molar-refractivity contribution in [1.82, 2.24) is 0 Å². The predicted molar refractivity (Wildman–Crippen MR) is 431 cm³/mol. The Bertz CT molecular complexity index is 5870. The zero-order chi connectivity index (χ0) is 69.1. The second kappa shape index (κ2) is 23.9. The molecule has 1 unspecified atom stereocenters. The fourth-order valence-electron chi connectivity index (χ4n) is 19.3. The maximum absolute atomic E-state index is 2.63. The highest BCUT2D eigenvalue weighted by molar-refractivity contribution is 6.00. The molecule has 490 valence electrons. The molecule has 0 heterocycles. The van der Waals surface area contributed by atoms with Gasteiger partial charge in [0.15, 0.2) is 0 Å². The quantitative estimate of drug-likeness (QED) is 0.127. The second-order valence-corrected chi connectivity index (χ2v) is 28.9. The first-order valence-electron chi connectivity index (χ1n) is 36.5. The summed E-state index contributed by atoms with van der Waals surface area (Å²) < 4.78 is 0. The van der Waals surface area contributed by atoms with E-state index in [-0.39, 0.29) is 5.41 Å². The Morgan fingerprint density at radius 2 is 0.433 bits per heavy atom. The highest BCUT2D eigenvalue weighted by Crippen LogP contribution is 2.68. The zero-order valence-electron chi connectivity index (χ0n) is 58.0. The van der Waals surface area contributed by atoms with Gasteiger partial charge in [0.1, 0.15) is 0 Å². The third kappa shape index (κ3) is 8.76. The molecule has 4 aliphatic carbocycles. The van der Waals surface area contributed by atoms with Crippen molar-refractivity contribution >= 4 is 34.1 Å². The largest absolute Gasteiger partial charge is 0.311 e. The van der Waals surface area contributed by atoms with Crippen LogP contribution in [0.2, 0.25) is 0 Å². The maximum Gasteiger partial charge on any atom is 0.0720 e. The minimum absolute atomic E-state index is 0.336. The van der Waals surface area contributed by atoms with E-state index in [9.17, 15) is 0 Å². The van der Waals surface area contributed by atoms with Gasteiger partial charge >= 0.3 is 0 Å². The average Bonchev–Trinajstić information content (AvgIpc) is 1.37. The highest BCUT2D eigenvalue weighted by Gasteiger charge is 2.58. The minimum Gasteiger partial charge on any atom is -0.311 e. The Kier molecular flexibility index (Phi) is 14.0. The van der Waals surface area contributed by atoms with E-state index in [0.29, 0.717) is 0 Å². The molecule has 104 heavy (non-hydrogen) atoms. The molecule has 16 aromatic rings. The molecule has 2 nitrogen and oxygen atoms in total. The Labute approximate surface area is 609 Å².